The van der Waals surface area contributed by atoms with Crippen LogP contribution in [-0.2, 0) is 0 Å². The lowest BCUT2D eigenvalue weighted by Crippen LogP contribution is -2.38. The number of anilines is 1. The molecule has 0 aromatic carbocycles. The van der Waals surface area contributed by atoms with E-state index in [0.717, 1.165) is 37.0 Å². The van der Waals surface area contributed by atoms with Crippen LogP contribution in [0.2, 0.25) is 0 Å². The Morgan fingerprint density at radius 3 is 2.84 bits per heavy atom. The molecule has 1 aromatic rings. The van der Waals surface area contributed by atoms with Gasteiger partial charge < -0.3 is 10.2 Å². The van der Waals surface area contributed by atoms with Gasteiger partial charge in [0.15, 0.2) is 0 Å². The van der Waals surface area contributed by atoms with Crippen molar-refractivity contribution in [1.29, 1.82) is 0 Å². The molecule has 0 aliphatic carbocycles. The third-order valence-corrected chi connectivity index (χ3v) is 3.66. The molecule has 4 nitrogen and oxygen atoms in total. The van der Waals surface area contributed by atoms with Crippen LogP contribution in [0.5, 0.6) is 0 Å². The van der Waals surface area contributed by atoms with Crippen molar-refractivity contribution in [3.05, 3.63) is 17.6 Å². The lowest BCUT2D eigenvalue weighted by molar-refractivity contribution is 0.568. The smallest absolute Gasteiger partial charge is 0.132 e. The van der Waals surface area contributed by atoms with E-state index in [4.69, 9.17) is 0 Å². The lowest BCUT2D eigenvalue weighted by Gasteiger charge is -2.27. The largest absolute Gasteiger partial charge is 0.355 e. The molecule has 2 heterocycles. The van der Waals surface area contributed by atoms with Crippen molar-refractivity contribution in [2.24, 2.45) is 0 Å². The fourth-order valence-electron chi connectivity index (χ4n) is 2.69. The summed E-state index contributed by atoms with van der Waals surface area (Å²) in [7, 11) is 0. The van der Waals surface area contributed by atoms with E-state index in [1.54, 1.807) is 0 Å². The zero-order valence-corrected chi connectivity index (χ0v) is 12.4. The molecule has 0 amide bonds. The van der Waals surface area contributed by atoms with Crippen LogP contribution in [0.4, 0.5) is 5.82 Å². The molecular formula is C15H26N4. The molecule has 2 rings (SSSR count). The minimum absolute atomic E-state index is 0.618. The second-order valence-corrected chi connectivity index (χ2v) is 5.51. The quantitative estimate of drug-likeness (QED) is 0.855. The predicted molar refractivity (Wildman–Crippen MR) is 79.7 cm³/mol. The van der Waals surface area contributed by atoms with Crippen molar-refractivity contribution in [2.75, 3.05) is 24.5 Å². The second-order valence-electron chi connectivity index (χ2n) is 5.51. The Morgan fingerprint density at radius 2 is 2.21 bits per heavy atom. The van der Waals surface area contributed by atoms with Crippen LogP contribution in [0.1, 0.15) is 44.1 Å². The van der Waals surface area contributed by atoms with Gasteiger partial charge in [-0.1, -0.05) is 13.3 Å². The zero-order chi connectivity index (χ0) is 13.7. The molecule has 0 radical (unpaired) electrons. The number of aromatic nitrogens is 2. The van der Waals surface area contributed by atoms with Gasteiger partial charge in [-0.25, -0.2) is 9.97 Å². The Labute approximate surface area is 116 Å². The SMILES string of the molecule is CCCCN(CC1CCCN1)c1cc(C)nc(C)n1. The summed E-state index contributed by atoms with van der Waals surface area (Å²) in [5.74, 6) is 1.96. The molecule has 1 fully saturated rings. The molecule has 0 bridgehead atoms. The highest BCUT2D eigenvalue weighted by Gasteiger charge is 2.19. The number of nitrogens with zero attached hydrogens (tertiary/aromatic N) is 3. The molecule has 4 heteroatoms. The average molecular weight is 262 g/mol. The lowest BCUT2D eigenvalue weighted by atomic mass is 10.2. The summed E-state index contributed by atoms with van der Waals surface area (Å²) in [6.45, 7) is 9.57. The first-order chi connectivity index (χ1) is 9.19. The molecule has 1 saturated heterocycles. The molecule has 1 atom stereocenters. The van der Waals surface area contributed by atoms with Crippen molar-refractivity contribution in [1.82, 2.24) is 15.3 Å². The van der Waals surface area contributed by atoms with Crippen molar-refractivity contribution < 1.29 is 0 Å². The molecule has 19 heavy (non-hydrogen) atoms. The van der Waals surface area contributed by atoms with E-state index < -0.39 is 0 Å². The highest BCUT2D eigenvalue weighted by Crippen LogP contribution is 2.16. The molecule has 1 aliphatic heterocycles. The fraction of sp³-hybridized carbons (Fsp3) is 0.733. The standard InChI is InChI=1S/C15H26N4/c1-4-5-9-19(11-14-7-6-8-16-14)15-10-12(2)17-13(3)18-15/h10,14,16H,4-9,11H2,1-3H3. The van der Waals surface area contributed by atoms with E-state index in [2.05, 4.69) is 33.2 Å². The molecule has 106 valence electrons. The van der Waals surface area contributed by atoms with Crippen LogP contribution in [0.3, 0.4) is 0 Å². The van der Waals surface area contributed by atoms with Gasteiger partial charge in [0.25, 0.3) is 0 Å². The van der Waals surface area contributed by atoms with Gasteiger partial charge in [0.2, 0.25) is 0 Å². The molecule has 1 unspecified atom stereocenters. The Morgan fingerprint density at radius 1 is 1.37 bits per heavy atom. The van der Waals surface area contributed by atoms with Crippen LogP contribution in [0.15, 0.2) is 6.07 Å². The molecule has 1 aliphatic rings. The van der Waals surface area contributed by atoms with Gasteiger partial charge >= 0.3 is 0 Å². The van der Waals surface area contributed by atoms with E-state index in [0.29, 0.717) is 6.04 Å². The number of hydrogen-bond donors (Lipinski definition) is 1. The van der Waals surface area contributed by atoms with Gasteiger partial charge in [-0.3, -0.25) is 0 Å². The maximum absolute atomic E-state index is 4.62. The summed E-state index contributed by atoms with van der Waals surface area (Å²) in [4.78, 5) is 11.4. The highest BCUT2D eigenvalue weighted by atomic mass is 15.2. The van der Waals surface area contributed by atoms with E-state index in [1.165, 1.54) is 25.7 Å². The molecule has 1 aromatic heterocycles. The summed E-state index contributed by atoms with van der Waals surface area (Å²) in [5, 5.41) is 3.58. The summed E-state index contributed by atoms with van der Waals surface area (Å²) in [6, 6.07) is 2.73. The van der Waals surface area contributed by atoms with E-state index >= 15 is 0 Å². The minimum Gasteiger partial charge on any atom is -0.355 e. The molecule has 0 spiro atoms. The topological polar surface area (TPSA) is 41.0 Å². The fourth-order valence-corrected chi connectivity index (χ4v) is 2.69. The maximum atomic E-state index is 4.62. The van der Waals surface area contributed by atoms with Crippen molar-refractivity contribution in [2.45, 2.75) is 52.5 Å². The summed E-state index contributed by atoms with van der Waals surface area (Å²) >= 11 is 0. The number of aryl methyl sites for hydroxylation is 2. The first-order valence-electron chi connectivity index (χ1n) is 7.49. The van der Waals surface area contributed by atoms with Gasteiger partial charge in [0.1, 0.15) is 11.6 Å². The normalized spacial score (nSPS) is 18.8. The molecular weight excluding hydrogens is 236 g/mol. The van der Waals surface area contributed by atoms with E-state index in [-0.39, 0.29) is 0 Å². The second kappa shape index (κ2) is 6.85. The van der Waals surface area contributed by atoms with Gasteiger partial charge in [0, 0.05) is 30.9 Å². The minimum atomic E-state index is 0.618. The summed E-state index contributed by atoms with van der Waals surface area (Å²) < 4.78 is 0. The van der Waals surface area contributed by atoms with Crippen LogP contribution >= 0.6 is 0 Å². The Bertz CT molecular complexity index is 379. The van der Waals surface area contributed by atoms with Gasteiger partial charge in [0.05, 0.1) is 0 Å². The van der Waals surface area contributed by atoms with Crippen LogP contribution in [0, 0.1) is 13.8 Å². The van der Waals surface area contributed by atoms with Crippen LogP contribution < -0.4 is 10.2 Å². The first kappa shape index (κ1) is 14.3. The predicted octanol–water partition coefficient (Wildman–Crippen LogP) is 2.45. The molecule has 0 saturated carbocycles. The number of hydrogen-bond acceptors (Lipinski definition) is 4. The van der Waals surface area contributed by atoms with Gasteiger partial charge in [-0.15, -0.1) is 0 Å². The third kappa shape index (κ3) is 4.16. The van der Waals surface area contributed by atoms with Crippen LogP contribution in [0.25, 0.3) is 0 Å². The van der Waals surface area contributed by atoms with E-state index in [1.807, 2.05) is 13.8 Å². The number of unbranched alkanes of at least 4 members (excludes halogenated alkanes) is 1. The van der Waals surface area contributed by atoms with Crippen molar-refractivity contribution in [3.8, 4) is 0 Å². The summed E-state index contributed by atoms with van der Waals surface area (Å²) in [6.07, 6.45) is 5.02. The van der Waals surface area contributed by atoms with E-state index in [9.17, 15) is 0 Å². The Balaban J connectivity index is 2.10. The maximum Gasteiger partial charge on any atom is 0.132 e. The Hall–Kier alpha value is -1.16. The number of nitrogens with one attached hydrogen (secondary N) is 1. The number of rotatable bonds is 6. The average Bonchev–Trinajstić information content (AvgIpc) is 2.86. The van der Waals surface area contributed by atoms with Crippen molar-refractivity contribution >= 4 is 5.82 Å². The van der Waals surface area contributed by atoms with Gasteiger partial charge in [-0.2, -0.15) is 0 Å². The third-order valence-electron chi connectivity index (χ3n) is 3.66. The van der Waals surface area contributed by atoms with Crippen molar-refractivity contribution in [3.63, 3.8) is 0 Å². The first-order valence-corrected chi connectivity index (χ1v) is 7.49. The van der Waals surface area contributed by atoms with Gasteiger partial charge in [-0.05, 0) is 39.7 Å². The summed E-state index contributed by atoms with van der Waals surface area (Å²) in [5.41, 5.74) is 1.06. The van der Waals surface area contributed by atoms with Crippen LogP contribution in [-0.4, -0.2) is 35.6 Å². The monoisotopic (exact) mass is 262 g/mol. The molecule has 1 N–H and O–H groups in total. The highest BCUT2D eigenvalue weighted by molar-refractivity contribution is 5.40. The Kier molecular flexibility index (Phi) is 5.14. The zero-order valence-electron chi connectivity index (χ0n) is 12.4.